The van der Waals surface area contributed by atoms with Gasteiger partial charge >= 0.3 is 6.18 Å². The molecule has 4 heterocycles. The molecular weight excluding hydrogens is 423 g/mol. The minimum atomic E-state index is -4.50. The number of nitrogens with zero attached hydrogens (tertiary/aromatic N) is 4. The highest BCUT2D eigenvalue weighted by atomic mass is 35.5. The number of aromatic nitrogens is 3. The third-order valence-corrected chi connectivity index (χ3v) is 5.89. The van der Waals surface area contributed by atoms with Crippen molar-refractivity contribution in [1.29, 1.82) is 0 Å². The van der Waals surface area contributed by atoms with E-state index >= 15 is 0 Å². The van der Waals surface area contributed by atoms with Gasteiger partial charge in [-0.25, -0.2) is 4.98 Å². The quantitative estimate of drug-likeness (QED) is 0.783. The van der Waals surface area contributed by atoms with Gasteiger partial charge in [0.05, 0.1) is 24.1 Å². The summed E-state index contributed by atoms with van der Waals surface area (Å²) < 4.78 is 44.4. The van der Waals surface area contributed by atoms with Crippen LogP contribution in [0.25, 0.3) is 5.82 Å². The molecule has 1 N–H and O–H groups in total. The zero-order chi connectivity index (χ0) is 21.3. The number of rotatable bonds is 4. The summed E-state index contributed by atoms with van der Waals surface area (Å²) in [4.78, 5) is 18.7. The van der Waals surface area contributed by atoms with Crippen LogP contribution >= 0.6 is 11.6 Å². The molecule has 1 atom stereocenters. The number of piperidine rings is 1. The van der Waals surface area contributed by atoms with Crippen LogP contribution < -0.4 is 10.9 Å². The van der Waals surface area contributed by atoms with Crippen LogP contribution in [0.4, 0.5) is 18.9 Å². The van der Waals surface area contributed by atoms with Crippen LogP contribution in [0.2, 0.25) is 5.02 Å². The second-order valence-corrected chi connectivity index (χ2v) is 7.84. The van der Waals surface area contributed by atoms with Gasteiger partial charge < -0.3 is 10.1 Å². The van der Waals surface area contributed by atoms with Gasteiger partial charge in [0, 0.05) is 38.0 Å². The minimum Gasteiger partial charge on any atom is -0.380 e. The summed E-state index contributed by atoms with van der Waals surface area (Å²) in [5.74, 6) is -0.0338. The van der Waals surface area contributed by atoms with E-state index in [9.17, 15) is 18.0 Å². The van der Waals surface area contributed by atoms with Gasteiger partial charge in [-0.05, 0) is 31.4 Å². The summed E-state index contributed by atoms with van der Waals surface area (Å²) in [6, 6.07) is 2.57. The zero-order valence-electron chi connectivity index (χ0n) is 16.0. The van der Waals surface area contributed by atoms with Gasteiger partial charge in [0.25, 0.3) is 5.56 Å². The first-order valence-electron chi connectivity index (χ1n) is 9.72. The van der Waals surface area contributed by atoms with Crippen molar-refractivity contribution in [2.24, 2.45) is 0 Å². The average molecular weight is 444 g/mol. The number of anilines is 1. The van der Waals surface area contributed by atoms with Gasteiger partial charge in [0.2, 0.25) is 0 Å². The SMILES string of the molecule is O=c1c(Cl)c(NC2CCN(C3CCOC3)CC2)cnn1-c1ccc(C(F)(F)F)cn1. The number of hydrogen-bond acceptors (Lipinski definition) is 6. The summed E-state index contributed by atoms with van der Waals surface area (Å²) in [5, 5.41) is 7.23. The fourth-order valence-corrected chi connectivity index (χ4v) is 4.00. The van der Waals surface area contributed by atoms with Crippen LogP contribution in [0.15, 0.2) is 29.3 Å². The Bertz CT molecular complexity index is 937. The molecule has 0 radical (unpaired) electrons. The van der Waals surface area contributed by atoms with Gasteiger partial charge in [0.1, 0.15) is 5.02 Å². The van der Waals surface area contributed by atoms with Crippen LogP contribution in [-0.4, -0.2) is 58.1 Å². The van der Waals surface area contributed by atoms with Crippen molar-refractivity contribution in [3.8, 4) is 5.82 Å². The molecule has 2 saturated heterocycles. The molecule has 0 aromatic carbocycles. The van der Waals surface area contributed by atoms with Crippen molar-refractivity contribution in [3.63, 3.8) is 0 Å². The number of pyridine rings is 1. The highest BCUT2D eigenvalue weighted by Crippen LogP contribution is 2.29. The van der Waals surface area contributed by atoms with E-state index in [1.165, 1.54) is 6.20 Å². The molecule has 1 unspecified atom stereocenters. The number of alkyl halides is 3. The minimum absolute atomic E-state index is 0.0338. The number of ether oxygens (including phenoxy) is 1. The van der Waals surface area contributed by atoms with Crippen LogP contribution in [0.1, 0.15) is 24.8 Å². The van der Waals surface area contributed by atoms with Crippen LogP contribution in [0, 0.1) is 0 Å². The molecule has 0 aliphatic carbocycles. The van der Waals surface area contributed by atoms with E-state index in [1.807, 2.05) is 0 Å². The predicted molar refractivity (Wildman–Crippen MR) is 105 cm³/mol. The van der Waals surface area contributed by atoms with E-state index in [1.54, 1.807) is 0 Å². The molecule has 2 aliphatic rings. The fourth-order valence-electron chi connectivity index (χ4n) is 3.81. The lowest BCUT2D eigenvalue weighted by atomic mass is 10.0. The summed E-state index contributed by atoms with van der Waals surface area (Å²) in [6.45, 7) is 3.46. The molecule has 4 rings (SSSR count). The second kappa shape index (κ2) is 8.52. The molecule has 2 fully saturated rings. The molecule has 2 aromatic heterocycles. The van der Waals surface area contributed by atoms with E-state index in [4.69, 9.17) is 16.3 Å². The molecule has 2 aliphatic heterocycles. The smallest absolute Gasteiger partial charge is 0.380 e. The van der Waals surface area contributed by atoms with Crippen LogP contribution in [-0.2, 0) is 10.9 Å². The number of halogens is 4. The van der Waals surface area contributed by atoms with Gasteiger partial charge in [-0.1, -0.05) is 11.6 Å². The maximum Gasteiger partial charge on any atom is 0.417 e. The predicted octanol–water partition coefficient (Wildman–Crippen LogP) is 2.96. The van der Waals surface area contributed by atoms with E-state index in [0.717, 1.165) is 62.4 Å². The van der Waals surface area contributed by atoms with Crippen molar-refractivity contribution < 1.29 is 17.9 Å². The molecule has 0 bridgehead atoms. The lowest BCUT2D eigenvalue weighted by Gasteiger charge is -2.36. The Morgan fingerprint density at radius 3 is 2.53 bits per heavy atom. The zero-order valence-corrected chi connectivity index (χ0v) is 16.8. The van der Waals surface area contributed by atoms with Crippen molar-refractivity contribution in [2.75, 3.05) is 31.6 Å². The molecule has 2 aromatic rings. The fraction of sp³-hybridized carbons (Fsp3) is 0.526. The molecule has 162 valence electrons. The van der Waals surface area contributed by atoms with Crippen molar-refractivity contribution in [3.05, 3.63) is 45.5 Å². The maximum atomic E-state index is 12.7. The van der Waals surface area contributed by atoms with Gasteiger partial charge in [-0.3, -0.25) is 9.69 Å². The first-order chi connectivity index (χ1) is 14.3. The second-order valence-electron chi connectivity index (χ2n) is 7.46. The highest BCUT2D eigenvalue weighted by Gasteiger charge is 2.31. The number of hydrogen-bond donors (Lipinski definition) is 1. The molecule has 11 heteroatoms. The van der Waals surface area contributed by atoms with Gasteiger partial charge in [-0.15, -0.1) is 0 Å². The van der Waals surface area contributed by atoms with E-state index in [2.05, 4.69) is 20.3 Å². The lowest BCUT2D eigenvalue weighted by Crippen LogP contribution is -2.45. The average Bonchev–Trinajstić information content (AvgIpc) is 3.27. The topological polar surface area (TPSA) is 72.3 Å². The molecular formula is C19H21ClF3N5O2. The Morgan fingerprint density at radius 2 is 1.93 bits per heavy atom. The van der Waals surface area contributed by atoms with Crippen molar-refractivity contribution in [1.82, 2.24) is 19.7 Å². The first kappa shape index (κ1) is 21.1. The van der Waals surface area contributed by atoms with Crippen LogP contribution in [0.3, 0.4) is 0 Å². The Kier molecular flexibility index (Phi) is 5.99. The summed E-state index contributed by atoms with van der Waals surface area (Å²) in [5.41, 5.74) is -1.14. The number of nitrogens with one attached hydrogen (secondary N) is 1. The molecule has 0 amide bonds. The number of likely N-dealkylation sites (tertiary alicyclic amines) is 1. The van der Waals surface area contributed by atoms with Gasteiger partial charge in [-0.2, -0.15) is 23.0 Å². The summed E-state index contributed by atoms with van der Waals surface area (Å²) >= 11 is 6.23. The largest absolute Gasteiger partial charge is 0.417 e. The van der Waals surface area contributed by atoms with Crippen molar-refractivity contribution >= 4 is 17.3 Å². The lowest BCUT2D eigenvalue weighted by molar-refractivity contribution is -0.137. The van der Waals surface area contributed by atoms with Crippen molar-refractivity contribution in [2.45, 2.75) is 37.5 Å². The normalized spacial score (nSPS) is 21.1. The summed E-state index contributed by atoms with van der Waals surface area (Å²) in [7, 11) is 0. The molecule has 0 spiro atoms. The Labute approximate surface area is 175 Å². The molecule has 30 heavy (non-hydrogen) atoms. The Hall–Kier alpha value is -2.17. The van der Waals surface area contributed by atoms with E-state index in [-0.39, 0.29) is 16.9 Å². The molecule has 0 saturated carbocycles. The Balaban J connectivity index is 1.44. The maximum absolute atomic E-state index is 12.7. The first-order valence-corrected chi connectivity index (χ1v) is 10.1. The van der Waals surface area contributed by atoms with E-state index in [0.29, 0.717) is 17.9 Å². The summed E-state index contributed by atoms with van der Waals surface area (Å²) in [6.07, 6.45) is 0.416. The van der Waals surface area contributed by atoms with Crippen LogP contribution in [0.5, 0.6) is 0 Å². The monoisotopic (exact) mass is 443 g/mol. The van der Waals surface area contributed by atoms with E-state index < -0.39 is 17.3 Å². The third-order valence-electron chi connectivity index (χ3n) is 5.52. The third kappa shape index (κ3) is 4.45. The Morgan fingerprint density at radius 1 is 1.17 bits per heavy atom. The van der Waals surface area contributed by atoms with Gasteiger partial charge in [0.15, 0.2) is 5.82 Å². The highest BCUT2D eigenvalue weighted by molar-refractivity contribution is 6.32. The standard InChI is InChI=1S/C19H21ClF3N5O2/c20-17-15(26-13-3-6-27(7-4-13)14-5-8-30-11-14)10-25-28(18(17)29)16-2-1-12(9-24-16)19(21,22)23/h1-2,9-10,13-14,26H,3-8,11H2. The molecule has 7 nitrogen and oxygen atoms in total.